The van der Waals surface area contributed by atoms with E-state index in [4.69, 9.17) is 4.74 Å². The highest BCUT2D eigenvalue weighted by Gasteiger charge is 2.43. The maximum absolute atomic E-state index is 6.08. The summed E-state index contributed by atoms with van der Waals surface area (Å²) in [5.74, 6) is 1.11. The Balaban J connectivity index is 0.00000225. The standard InChI is InChI=1S/C20H37N3O.HI/c1-21-19(23-15-13-20(17-23)11-8-12-20)22-14-6-7-16-24-18-9-4-2-3-5-10-18;/h18H,2-17H2,1H3,(H,21,22);1H. The molecule has 2 aliphatic carbocycles. The molecule has 0 aromatic heterocycles. The van der Waals surface area contributed by atoms with Crippen LogP contribution in [0.5, 0.6) is 0 Å². The minimum atomic E-state index is 0. The molecule has 0 unspecified atom stereocenters. The molecule has 1 heterocycles. The van der Waals surface area contributed by atoms with Crippen molar-refractivity contribution in [3.8, 4) is 0 Å². The van der Waals surface area contributed by atoms with E-state index in [0.717, 1.165) is 25.5 Å². The molecule has 3 rings (SSSR count). The Morgan fingerprint density at radius 3 is 2.44 bits per heavy atom. The van der Waals surface area contributed by atoms with Crippen LogP contribution in [-0.2, 0) is 4.74 Å². The topological polar surface area (TPSA) is 36.9 Å². The molecule has 4 nitrogen and oxygen atoms in total. The molecule has 0 amide bonds. The van der Waals surface area contributed by atoms with Gasteiger partial charge in [-0.3, -0.25) is 4.99 Å². The predicted octanol–water partition coefficient (Wildman–Crippen LogP) is 4.58. The molecule has 1 saturated heterocycles. The Kier molecular flexibility index (Phi) is 9.31. The zero-order chi connectivity index (χ0) is 16.7. The molecule has 2 saturated carbocycles. The van der Waals surface area contributed by atoms with Gasteiger partial charge in [0.05, 0.1) is 6.10 Å². The average molecular weight is 463 g/mol. The van der Waals surface area contributed by atoms with Crippen LogP contribution < -0.4 is 5.32 Å². The summed E-state index contributed by atoms with van der Waals surface area (Å²) in [5, 5.41) is 3.57. The molecule has 5 heteroatoms. The molecule has 1 aliphatic heterocycles. The van der Waals surface area contributed by atoms with Crippen LogP contribution in [0.15, 0.2) is 4.99 Å². The van der Waals surface area contributed by atoms with Crippen LogP contribution in [0.1, 0.15) is 77.0 Å². The number of hydrogen-bond donors (Lipinski definition) is 1. The molecule has 0 atom stereocenters. The van der Waals surface area contributed by atoms with Crippen LogP contribution in [-0.4, -0.2) is 50.3 Å². The van der Waals surface area contributed by atoms with E-state index in [2.05, 4.69) is 15.2 Å². The van der Waals surface area contributed by atoms with Gasteiger partial charge >= 0.3 is 0 Å². The van der Waals surface area contributed by atoms with E-state index < -0.39 is 0 Å². The third-order valence-corrected chi connectivity index (χ3v) is 6.37. The second-order valence-corrected chi connectivity index (χ2v) is 8.19. The van der Waals surface area contributed by atoms with Crippen molar-refractivity contribution in [1.82, 2.24) is 10.2 Å². The first-order chi connectivity index (χ1) is 11.8. The van der Waals surface area contributed by atoms with Gasteiger partial charge in [-0.2, -0.15) is 0 Å². The van der Waals surface area contributed by atoms with Gasteiger partial charge in [0.15, 0.2) is 5.96 Å². The van der Waals surface area contributed by atoms with Crippen molar-refractivity contribution in [3.63, 3.8) is 0 Å². The quantitative estimate of drug-likeness (QED) is 0.206. The van der Waals surface area contributed by atoms with Crippen LogP contribution in [0.25, 0.3) is 0 Å². The lowest BCUT2D eigenvalue weighted by Gasteiger charge is -2.38. The van der Waals surface area contributed by atoms with E-state index in [-0.39, 0.29) is 24.0 Å². The van der Waals surface area contributed by atoms with E-state index in [9.17, 15) is 0 Å². The fourth-order valence-electron chi connectivity index (χ4n) is 4.62. The van der Waals surface area contributed by atoms with Gasteiger partial charge in [0, 0.05) is 33.3 Å². The number of aliphatic imine (C=N–C) groups is 1. The smallest absolute Gasteiger partial charge is 0.193 e. The average Bonchev–Trinajstić information content (AvgIpc) is 2.86. The van der Waals surface area contributed by atoms with Gasteiger partial charge in [0.25, 0.3) is 0 Å². The lowest BCUT2D eigenvalue weighted by molar-refractivity contribution is 0.0411. The van der Waals surface area contributed by atoms with Crippen LogP contribution >= 0.6 is 24.0 Å². The minimum Gasteiger partial charge on any atom is -0.378 e. The van der Waals surface area contributed by atoms with Gasteiger partial charge in [0.2, 0.25) is 0 Å². The highest BCUT2D eigenvalue weighted by Crippen LogP contribution is 2.47. The fourth-order valence-corrected chi connectivity index (χ4v) is 4.62. The third kappa shape index (κ3) is 6.26. The summed E-state index contributed by atoms with van der Waals surface area (Å²) in [4.78, 5) is 6.97. The lowest BCUT2D eigenvalue weighted by atomic mass is 9.68. The molecule has 0 aromatic rings. The summed E-state index contributed by atoms with van der Waals surface area (Å²) in [5.41, 5.74) is 0.643. The number of guanidine groups is 1. The van der Waals surface area contributed by atoms with E-state index in [1.54, 1.807) is 0 Å². The molecule has 0 radical (unpaired) electrons. The first kappa shape index (κ1) is 21.3. The number of likely N-dealkylation sites (tertiary alicyclic amines) is 1. The Morgan fingerprint density at radius 1 is 1.08 bits per heavy atom. The monoisotopic (exact) mass is 463 g/mol. The zero-order valence-electron chi connectivity index (χ0n) is 16.1. The maximum Gasteiger partial charge on any atom is 0.193 e. The zero-order valence-corrected chi connectivity index (χ0v) is 18.4. The van der Waals surface area contributed by atoms with Crippen molar-refractivity contribution in [2.75, 3.05) is 33.3 Å². The second kappa shape index (κ2) is 11.0. The first-order valence-electron chi connectivity index (χ1n) is 10.4. The molecule has 0 bridgehead atoms. The molecule has 1 N–H and O–H groups in total. The summed E-state index contributed by atoms with van der Waals surface area (Å²) in [6, 6.07) is 0. The van der Waals surface area contributed by atoms with E-state index in [1.807, 2.05) is 7.05 Å². The Morgan fingerprint density at radius 2 is 1.84 bits per heavy atom. The van der Waals surface area contributed by atoms with Gasteiger partial charge < -0.3 is 15.0 Å². The van der Waals surface area contributed by atoms with Gasteiger partial charge in [-0.1, -0.05) is 32.1 Å². The van der Waals surface area contributed by atoms with Crippen LogP contribution in [0.2, 0.25) is 0 Å². The van der Waals surface area contributed by atoms with Gasteiger partial charge in [0.1, 0.15) is 0 Å². The largest absolute Gasteiger partial charge is 0.378 e. The predicted molar refractivity (Wildman–Crippen MR) is 116 cm³/mol. The molecule has 146 valence electrons. The fraction of sp³-hybridized carbons (Fsp3) is 0.950. The Labute approximate surface area is 171 Å². The highest BCUT2D eigenvalue weighted by atomic mass is 127. The minimum absolute atomic E-state index is 0. The molecular formula is C20H38IN3O. The summed E-state index contributed by atoms with van der Waals surface area (Å²) in [6.45, 7) is 4.35. The third-order valence-electron chi connectivity index (χ3n) is 6.37. The normalized spacial score (nSPS) is 23.9. The van der Waals surface area contributed by atoms with Crippen molar-refractivity contribution in [1.29, 1.82) is 0 Å². The van der Waals surface area contributed by atoms with E-state index in [0.29, 0.717) is 11.5 Å². The van der Waals surface area contributed by atoms with Crippen molar-refractivity contribution in [3.05, 3.63) is 0 Å². The van der Waals surface area contributed by atoms with Crippen molar-refractivity contribution in [2.45, 2.75) is 83.2 Å². The lowest BCUT2D eigenvalue weighted by Crippen LogP contribution is -2.42. The summed E-state index contributed by atoms with van der Waals surface area (Å²) in [6.07, 6.45) is 16.6. The Hall–Kier alpha value is -0.0400. The Bertz CT molecular complexity index is 404. The number of rotatable bonds is 6. The molecule has 3 aliphatic rings. The van der Waals surface area contributed by atoms with Crippen molar-refractivity contribution in [2.24, 2.45) is 10.4 Å². The van der Waals surface area contributed by atoms with E-state index >= 15 is 0 Å². The van der Waals surface area contributed by atoms with Crippen molar-refractivity contribution < 1.29 is 4.74 Å². The van der Waals surface area contributed by atoms with Crippen LogP contribution in [0, 0.1) is 5.41 Å². The number of hydrogen-bond acceptors (Lipinski definition) is 2. The molecular weight excluding hydrogens is 425 g/mol. The van der Waals surface area contributed by atoms with Gasteiger partial charge in [-0.25, -0.2) is 0 Å². The summed E-state index contributed by atoms with van der Waals surface area (Å²) >= 11 is 0. The molecule has 25 heavy (non-hydrogen) atoms. The maximum atomic E-state index is 6.08. The highest BCUT2D eigenvalue weighted by molar-refractivity contribution is 14.0. The SMILES string of the molecule is CN=C(NCCCCOC1CCCCCC1)N1CCC2(CCC2)C1.I. The number of halogens is 1. The van der Waals surface area contributed by atoms with Gasteiger partial charge in [-0.15, -0.1) is 24.0 Å². The number of nitrogens with zero attached hydrogens (tertiary/aromatic N) is 2. The number of unbranched alkanes of at least 4 members (excludes halogenated alkanes) is 1. The number of ether oxygens (including phenoxy) is 1. The molecule has 0 aromatic carbocycles. The second-order valence-electron chi connectivity index (χ2n) is 8.19. The molecule has 1 spiro atoms. The van der Waals surface area contributed by atoms with Crippen LogP contribution in [0.3, 0.4) is 0 Å². The summed E-state index contributed by atoms with van der Waals surface area (Å²) < 4.78 is 6.08. The molecule has 3 fully saturated rings. The summed E-state index contributed by atoms with van der Waals surface area (Å²) in [7, 11) is 1.92. The van der Waals surface area contributed by atoms with Gasteiger partial charge in [-0.05, 0) is 50.4 Å². The first-order valence-corrected chi connectivity index (χ1v) is 10.4. The van der Waals surface area contributed by atoms with Crippen molar-refractivity contribution >= 4 is 29.9 Å². The van der Waals surface area contributed by atoms with E-state index in [1.165, 1.54) is 83.7 Å². The number of nitrogens with one attached hydrogen (secondary N) is 1. The van der Waals surface area contributed by atoms with Crippen LogP contribution in [0.4, 0.5) is 0 Å².